The van der Waals surface area contributed by atoms with Crippen LogP contribution in [0, 0.1) is 0 Å². The van der Waals surface area contributed by atoms with Crippen molar-refractivity contribution < 1.29 is 19.0 Å². The lowest BCUT2D eigenvalue weighted by molar-refractivity contribution is -0.169. The van der Waals surface area contributed by atoms with E-state index < -0.39 is 0 Å². The average molecular weight is 369 g/mol. The van der Waals surface area contributed by atoms with E-state index in [1.54, 1.807) is 6.20 Å². The summed E-state index contributed by atoms with van der Waals surface area (Å²) >= 11 is 0. The second-order valence-electron chi connectivity index (χ2n) is 6.65. The molecule has 0 aliphatic carbocycles. The first-order valence-electron chi connectivity index (χ1n) is 9.19. The normalized spacial score (nSPS) is 18.4. The lowest BCUT2D eigenvalue weighted by Gasteiger charge is -2.38. The summed E-state index contributed by atoms with van der Waals surface area (Å²) in [4.78, 5) is 18.6. The molecular formula is C20H23N3O4. The number of carbonyl (C=O) groups excluding carboxylic acids is 1. The Balaban J connectivity index is 1.27. The number of amides is 1. The van der Waals surface area contributed by atoms with Crippen LogP contribution in [0.1, 0.15) is 12.8 Å². The van der Waals surface area contributed by atoms with Gasteiger partial charge in [-0.25, -0.2) is 4.98 Å². The lowest BCUT2D eigenvalue weighted by atomic mass is 10.0. The molecule has 0 bridgehead atoms. The Kier molecular flexibility index (Phi) is 5.22. The SMILES string of the molecule is O=C(COc1ccccc1)Nc1ccc(N2CCC3(CC2)OCCO3)cn1. The van der Waals surface area contributed by atoms with Crippen LogP contribution in [0.5, 0.6) is 5.75 Å². The molecule has 1 N–H and O–H groups in total. The Morgan fingerprint density at radius 2 is 1.85 bits per heavy atom. The van der Waals surface area contributed by atoms with E-state index in [9.17, 15) is 4.79 Å². The zero-order valence-corrected chi connectivity index (χ0v) is 15.1. The van der Waals surface area contributed by atoms with Gasteiger partial charge in [-0.15, -0.1) is 0 Å². The number of hydrogen-bond donors (Lipinski definition) is 1. The van der Waals surface area contributed by atoms with Gasteiger partial charge in [-0.05, 0) is 24.3 Å². The molecule has 27 heavy (non-hydrogen) atoms. The molecule has 4 rings (SSSR count). The number of ether oxygens (including phenoxy) is 3. The highest BCUT2D eigenvalue weighted by Gasteiger charge is 2.39. The van der Waals surface area contributed by atoms with Crippen LogP contribution in [-0.4, -0.2) is 49.6 Å². The summed E-state index contributed by atoms with van der Waals surface area (Å²) in [6.45, 7) is 3.03. The van der Waals surface area contributed by atoms with Gasteiger partial charge in [0.15, 0.2) is 12.4 Å². The van der Waals surface area contributed by atoms with Gasteiger partial charge in [-0.2, -0.15) is 0 Å². The number of rotatable bonds is 5. The van der Waals surface area contributed by atoms with E-state index in [-0.39, 0.29) is 18.3 Å². The molecule has 2 saturated heterocycles. The third-order valence-electron chi connectivity index (χ3n) is 4.83. The first-order chi connectivity index (χ1) is 13.2. The van der Waals surface area contributed by atoms with Gasteiger partial charge in [-0.1, -0.05) is 18.2 Å². The van der Waals surface area contributed by atoms with Crippen LogP contribution in [-0.2, 0) is 14.3 Å². The number of carbonyl (C=O) groups is 1. The third-order valence-corrected chi connectivity index (χ3v) is 4.83. The van der Waals surface area contributed by atoms with E-state index in [1.165, 1.54) is 0 Å². The Hall–Kier alpha value is -2.64. The summed E-state index contributed by atoms with van der Waals surface area (Å²) < 4.78 is 17.0. The van der Waals surface area contributed by atoms with Crippen LogP contribution in [0.3, 0.4) is 0 Å². The van der Waals surface area contributed by atoms with Gasteiger partial charge in [-0.3, -0.25) is 4.79 Å². The van der Waals surface area contributed by atoms with Crippen molar-refractivity contribution in [2.45, 2.75) is 18.6 Å². The summed E-state index contributed by atoms with van der Waals surface area (Å²) in [6.07, 6.45) is 3.48. The Labute approximate surface area is 158 Å². The number of pyridine rings is 1. The third kappa shape index (κ3) is 4.37. The molecule has 2 aliphatic heterocycles. The minimum absolute atomic E-state index is 0.0539. The summed E-state index contributed by atoms with van der Waals surface area (Å²) in [5.74, 6) is 0.552. The van der Waals surface area contributed by atoms with Crippen LogP contribution >= 0.6 is 0 Å². The van der Waals surface area contributed by atoms with Crippen molar-refractivity contribution >= 4 is 17.4 Å². The van der Waals surface area contributed by atoms with Crippen LogP contribution < -0.4 is 15.0 Å². The second-order valence-corrected chi connectivity index (χ2v) is 6.65. The van der Waals surface area contributed by atoms with Gasteiger partial charge >= 0.3 is 0 Å². The summed E-state index contributed by atoms with van der Waals surface area (Å²) in [7, 11) is 0. The molecule has 0 saturated carbocycles. The zero-order chi connectivity index (χ0) is 18.5. The van der Waals surface area contributed by atoms with E-state index in [4.69, 9.17) is 14.2 Å². The smallest absolute Gasteiger partial charge is 0.263 e. The van der Waals surface area contributed by atoms with E-state index in [2.05, 4.69) is 15.2 Å². The van der Waals surface area contributed by atoms with Crippen LogP contribution in [0.4, 0.5) is 11.5 Å². The standard InChI is InChI=1S/C20H23N3O4/c24-19(15-25-17-4-2-1-3-5-17)22-18-7-6-16(14-21-18)23-10-8-20(9-11-23)26-12-13-27-20/h1-7,14H,8-13,15H2,(H,21,22,24). The highest BCUT2D eigenvalue weighted by Crippen LogP contribution is 2.33. The van der Waals surface area contributed by atoms with E-state index >= 15 is 0 Å². The molecule has 2 fully saturated rings. The summed E-state index contributed by atoms with van der Waals surface area (Å²) in [6, 6.07) is 13.0. The molecule has 0 atom stereocenters. The number of aromatic nitrogens is 1. The van der Waals surface area contributed by atoms with Crippen molar-refractivity contribution in [1.82, 2.24) is 4.98 Å². The average Bonchev–Trinajstić information content (AvgIpc) is 3.16. The Morgan fingerprint density at radius 1 is 1.11 bits per heavy atom. The van der Waals surface area contributed by atoms with Crippen molar-refractivity contribution in [2.24, 2.45) is 0 Å². The summed E-state index contributed by atoms with van der Waals surface area (Å²) in [5.41, 5.74) is 1.03. The van der Waals surface area contributed by atoms with Crippen molar-refractivity contribution in [1.29, 1.82) is 0 Å². The van der Waals surface area contributed by atoms with E-state index in [0.717, 1.165) is 31.6 Å². The number of para-hydroxylation sites is 1. The van der Waals surface area contributed by atoms with Crippen LogP contribution in [0.25, 0.3) is 0 Å². The maximum atomic E-state index is 12.0. The maximum Gasteiger partial charge on any atom is 0.263 e. The van der Waals surface area contributed by atoms with Gasteiger partial charge < -0.3 is 24.4 Å². The fraction of sp³-hybridized carbons (Fsp3) is 0.400. The van der Waals surface area contributed by atoms with Crippen molar-refractivity contribution in [3.8, 4) is 5.75 Å². The maximum absolute atomic E-state index is 12.0. The highest BCUT2D eigenvalue weighted by atomic mass is 16.7. The molecule has 3 heterocycles. The molecular weight excluding hydrogens is 346 g/mol. The Bertz CT molecular complexity index is 751. The number of hydrogen-bond acceptors (Lipinski definition) is 6. The van der Waals surface area contributed by atoms with Crippen LogP contribution in [0.2, 0.25) is 0 Å². The van der Waals surface area contributed by atoms with Gasteiger partial charge in [0.25, 0.3) is 5.91 Å². The largest absolute Gasteiger partial charge is 0.484 e. The van der Waals surface area contributed by atoms with E-state index in [0.29, 0.717) is 24.8 Å². The molecule has 1 aromatic heterocycles. The van der Waals surface area contributed by atoms with Crippen molar-refractivity contribution in [3.05, 3.63) is 48.7 Å². The molecule has 0 radical (unpaired) electrons. The molecule has 1 amide bonds. The predicted molar refractivity (Wildman–Crippen MR) is 101 cm³/mol. The molecule has 1 aromatic carbocycles. The molecule has 2 aliphatic rings. The van der Waals surface area contributed by atoms with Gasteiger partial charge in [0.2, 0.25) is 0 Å². The zero-order valence-electron chi connectivity index (χ0n) is 15.1. The number of anilines is 2. The van der Waals surface area contributed by atoms with Crippen molar-refractivity contribution in [3.63, 3.8) is 0 Å². The minimum Gasteiger partial charge on any atom is -0.484 e. The summed E-state index contributed by atoms with van der Waals surface area (Å²) in [5, 5.41) is 2.75. The molecule has 0 unspecified atom stereocenters. The molecule has 7 nitrogen and oxygen atoms in total. The number of piperidine rings is 1. The molecule has 1 spiro atoms. The van der Waals surface area contributed by atoms with E-state index in [1.807, 2.05) is 42.5 Å². The van der Waals surface area contributed by atoms with Gasteiger partial charge in [0.05, 0.1) is 25.1 Å². The molecule has 2 aromatic rings. The first-order valence-corrected chi connectivity index (χ1v) is 9.19. The molecule has 142 valence electrons. The number of nitrogens with zero attached hydrogens (tertiary/aromatic N) is 2. The van der Waals surface area contributed by atoms with Gasteiger partial charge in [0.1, 0.15) is 11.6 Å². The van der Waals surface area contributed by atoms with Gasteiger partial charge in [0, 0.05) is 25.9 Å². The Morgan fingerprint density at radius 3 is 2.52 bits per heavy atom. The number of nitrogens with one attached hydrogen (secondary N) is 1. The van der Waals surface area contributed by atoms with Crippen LogP contribution in [0.15, 0.2) is 48.7 Å². The number of benzene rings is 1. The fourth-order valence-corrected chi connectivity index (χ4v) is 3.38. The molecule has 7 heteroatoms. The predicted octanol–water partition coefficient (Wildman–Crippen LogP) is 2.44. The van der Waals surface area contributed by atoms with Crippen molar-refractivity contribution in [2.75, 3.05) is 43.1 Å². The minimum atomic E-state index is -0.378. The topological polar surface area (TPSA) is 72.9 Å². The quantitative estimate of drug-likeness (QED) is 0.873. The fourth-order valence-electron chi connectivity index (χ4n) is 3.38. The highest BCUT2D eigenvalue weighted by molar-refractivity contribution is 5.91. The first kappa shape index (κ1) is 17.8. The monoisotopic (exact) mass is 369 g/mol. The lowest BCUT2D eigenvalue weighted by Crippen LogP contribution is -2.45. The second kappa shape index (κ2) is 7.94.